The number of aliphatic hydroxyl groups excluding tert-OH is 5. The van der Waals surface area contributed by atoms with Crippen LogP contribution in [0.1, 0.15) is 6.23 Å². The molecule has 4 heterocycles. The molecule has 4 rings (SSSR count). The molecule has 0 aromatic carbocycles. The molecule has 2 aromatic rings. The largest absolute Gasteiger partial charge is 0.483 e. The molecule has 0 spiro atoms. The van der Waals surface area contributed by atoms with Crippen molar-refractivity contribution in [2.75, 3.05) is 12.3 Å². The number of carboxylic acid groups (broad SMARTS) is 1. The van der Waals surface area contributed by atoms with Crippen molar-refractivity contribution in [3.05, 3.63) is 16.7 Å². The molecule has 2 fully saturated rings. The predicted molar refractivity (Wildman–Crippen MR) is 121 cm³/mol. The van der Waals surface area contributed by atoms with Gasteiger partial charge in [0.05, 0.1) is 12.9 Å². The number of phosphoric acid groups is 2. The zero-order valence-electron chi connectivity index (χ0n) is 19.5. The Morgan fingerprint density at radius 3 is 2.38 bits per heavy atom. The van der Waals surface area contributed by atoms with Gasteiger partial charge in [-0.2, -0.15) is 9.29 Å². The van der Waals surface area contributed by atoms with Crippen molar-refractivity contribution < 1.29 is 77.2 Å². The number of nitrogen functional groups attached to an aromatic ring is 1. The minimum atomic E-state index is -5.73. The molecule has 40 heavy (non-hydrogen) atoms. The minimum absolute atomic E-state index is 0.136. The highest BCUT2D eigenvalue weighted by Gasteiger charge is 2.51. The van der Waals surface area contributed by atoms with Crippen molar-refractivity contribution in [2.24, 2.45) is 0 Å². The molecule has 0 bridgehead atoms. The van der Waals surface area contributed by atoms with Gasteiger partial charge in [0.15, 0.2) is 29.8 Å². The number of aliphatic carboxylic acids is 1. The lowest BCUT2D eigenvalue weighted by atomic mass is 9.99. The topological polar surface area (TPSA) is 349 Å². The van der Waals surface area contributed by atoms with Gasteiger partial charge < -0.3 is 55.6 Å². The van der Waals surface area contributed by atoms with Crippen LogP contribution in [0.2, 0.25) is 0 Å². The van der Waals surface area contributed by atoms with Gasteiger partial charge in [0.2, 0.25) is 5.95 Å². The lowest BCUT2D eigenvalue weighted by Crippen LogP contribution is -2.60. The van der Waals surface area contributed by atoms with E-state index in [0.29, 0.717) is 0 Å². The minimum Gasteiger partial charge on any atom is -0.479 e. The van der Waals surface area contributed by atoms with E-state index in [1.807, 2.05) is 0 Å². The van der Waals surface area contributed by atoms with E-state index in [1.54, 1.807) is 0 Å². The maximum atomic E-state index is 12.3. The number of hydrogen-bond acceptors (Lipinski definition) is 17. The number of anilines is 1. The van der Waals surface area contributed by atoms with Crippen LogP contribution in [0.15, 0.2) is 11.1 Å². The molecule has 2 saturated heterocycles. The fourth-order valence-electron chi connectivity index (χ4n) is 3.84. The molecule has 11 atom stereocenters. The fraction of sp³-hybridized carbons (Fsp3) is 0.625. The monoisotopic (exact) mass is 619 g/mol. The third-order valence-electron chi connectivity index (χ3n) is 5.72. The van der Waals surface area contributed by atoms with Crippen LogP contribution in [0.25, 0.3) is 11.2 Å². The summed E-state index contributed by atoms with van der Waals surface area (Å²) in [4.78, 5) is 52.7. The Morgan fingerprint density at radius 2 is 1.73 bits per heavy atom. The molecule has 0 amide bonds. The standard InChI is InChI=1S/C16H23N5O17P2/c17-16-19-11-4(12(27)20-16)18-2-21(11)13-8(25)5(22)3(35-13)1-34-39(30,31)38-40(32,33)37-15-9(26)6(23)7(24)10(36-15)14(28)29/h2-3,5-10,13,15,22-26H,1H2,(H,28,29)(H,30,31)(H,32,33)(H3,17,19,20,27)/t3-,5-,6+,7+,8+,9-,10+,13+,15+/m0/s1. The Kier molecular flexibility index (Phi) is 8.49. The van der Waals surface area contributed by atoms with Gasteiger partial charge in [-0.1, -0.05) is 0 Å². The SMILES string of the molecule is Nc1nc2c(ncn2[C@@H]2O[C@@H](COP(=O)(O)OP(=O)(O)O[C@H]3O[C@@H](C(=O)O)[C@H](O)[C@@H](O)[C@@H]3O)[C@H](O)[C@H]2O)c(=O)[nH]1. The van der Waals surface area contributed by atoms with Crippen LogP contribution in [0.3, 0.4) is 0 Å². The number of carbonyl (C=O) groups is 1. The number of fused-ring (bicyclic) bond motifs is 1. The van der Waals surface area contributed by atoms with Crippen molar-refractivity contribution in [1.82, 2.24) is 19.5 Å². The number of H-pyrrole nitrogens is 1. The van der Waals surface area contributed by atoms with Gasteiger partial charge in [-0.15, -0.1) is 0 Å². The van der Waals surface area contributed by atoms with E-state index in [0.717, 1.165) is 10.9 Å². The van der Waals surface area contributed by atoms with E-state index in [1.165, 1.54) is 0 Å². The second kappa shape index (κ2) is 11.1. The number of aliphatic hydroxyl groups is 5. The summed E-state index contributed by atoms with van der Waals surface area (Å²) in [6, 6.07) is 0. The van der Waals surface area contributed by atoms with Gasteiger partial charge >= 0.3 is 21.6 Å². The fourth-order valence-corrected chi connectivity index (χ4v) is 6.00. The number of carboxylic acids is 1. The first-order chi connectivity index (χ1) is 18.5. The van der Waals surface area contributed by atoms with E-state index in [2.05, 4.69) is 33.0 Å². The van der Waals surface area contributed by atoms with Crippen LogP contribution in [0.4, 0.5) is 5.95 Å². The number of aromatic amines is 1. The zero-order valence-corrected chi connectivity index (χ0v) is 21.3. The van der Waals surface area contributed by atoms with E-state index >= 15 is 0 Å². The van der Waals surface area contributed by atoms with E-state index in [-0.39, 0.29) is 17.1 Å². The van der Waals surface area contributed by atoms with E-state index in [9.17, 15) is 54.0 Å². The lowest BCUT2D eigenvalue weighted by Gasteiger charge is -2.38. The van der Waals surface area contributed by atoms with Crippen LogP contribution in [0.5, 0.6) is 0 Å². The Bertz CT molecular complexity index is 1420. The summed E-state index contributed by atoms with van der Waals surface area (Å²) in [5.41, 5.74) is 4.48. The molecular weight excluding hydrogens is 596 g/mol. The summed E-state index contributed by atoms with van der Waals surface area (Å²) >= 11 is 0. The van der Waals surface area contributed by atoms with Crippen LogP contribution in [-0.2, 0) is 36.8 Å². The summed E-state index contributed by atoms with van der Waals surface area (Å²) in [6.45, 7) is -1.04. The first-order valence-electron chi connectivity index (χ1n) is 10.9. The van der Waals surface area contributed by atoms with Crippen molar-refractivity contribution in [2.45, 2.75) is 55.2 Å². The Hall–Kier alpha value is -2.40. The second-order valence-corrected chi connectivity index (χ2v) is 11.5. The average molecular weight is 619 g/mol. The summed E-state index contributed by atoms with van der Waals surface area (Å²) in [7, 11) is -11.3. The van der Waals surface area contributed by atoms with Crippen molar-refractivity contribution in [3.8, 4) is 0 Å². The van der Waals surface area contributed by atoms with Crippen molar-refractivity contribution in [3.63, 3.8) is 0 Å². The van der Waals surface area contributed by atoms with Crippen molar-refractivity contribution in [1.29, 1.82) is 0 Å². The summed E-state index contributed by atoms with van der Waals surface area (Å²) in [6.07, 6.45) is -16.8. The molecule has 24 heteroatoms. The molecule has 2 aliphatic rings. The highest BCUT2D eigenvalue weighted by molar-refractivity contribution is 7.61. The van der Waals surface area contributed by atoms with Gasteiger partial charge in [0.25, 0.3) is 5.56 Å². The Labute approximate surface area is 220 Å². The van der Waals surface area contributed by atoms with Gasteiger partial charge in [-0.3, -0.25) is 23.4 Å². The van der Waals surface area contributed by atoms with Gasteiger partial charge in [0, 0.05) is 0 Å². The Balaban J connectivity index is 1.40. The molecule has 0 saturated carbocycles. The zero-order chi connectivity index (χ0) is 29.7. The Morgan fingerprint density at radius 1 is 1.05 bits per heavy atom. The normalized spacial score (nSPS) is 35.8. The summed E-state index contributed by atoms with van der Waals surface area (Å²) in [5.74, 6) is -2.14. The van der Waals surface area contributed by atoms with Crippen LogP contribution in [-0.4, -0.2) is 122 Å². The number of aromatic nitrogens is 4. The maximum Gasteiger partial charge on any atom is 0.483 e. The summed E-state index contributed by atoms with van der Waals surface area (Å²) < 4.78 is 48.6. The number of nitrogens with zero attached hydrogens (tertiary/aromatic N) is 3. The highest BCUT2D eigenvalue weighted by atomic mass is 31.3. The molecule has 22 nitrogen and oxygen atoms in total. The number of ether oxygens (including phenoxy) is 2. The molecule has 2 aromatic heterocycles. The number of phosphoric ester groups is 2. The molecule has 224 valence electrons. The quantitative estimate of drug-likeness (QED) is 0.118. The predicted octanol–water partition coefficient (Wildman–Crippen LogP) is -4.54. The third kappa shape index (κ3) is 6.10. The van der Waals surface area contributed by atoms with Crippen LogP contribution >= 0.6 is 15.6 Å². The highest BCUT2D eigenvalue weighted by Crippen LogP contribution is 2.61. The van der Waals surface area contributed by atoms with Crippen LogP contribution in [0, 0.1) is 0 Å². The van der Waals surface area contributed by atoms with Gasteiger partial charge in [0.1, 0.15) is 36.6 Å². The molecule has 2 aliphatic heterocycles. The third-order valence-corrected chi connectivity index (χ3v) is 8.32. The van der Waals surface area contributed by atoms with Crippen molar-refractivity contribution >= 4 is 38.7 Å². The number of rotatable bonds is 9. The van der Waals surface area contributed by atoms with Crippen LogP contribution < -0.4 is 11.3 Å². The maximum absolute atomic E-state index is 12.3. The number of nitrogens with two attached hydrogens (primary N) is 1. The second-order valence-electron chi connectivity index (χ2n) is 8.48. The molecule has 0 aliphatic carbocycles. The first-order valence-corrected chi connectivity index (χ1v) is 13.9. The molecular formula is C16H23N5O17P2. The average Bonchev–Trinajstić information content (AvgIpc) is 3.38. The number of hydrogen-bond donors (Lipinski definition) is 10. The van der Waals surface area contributed by atoms with E-state index < -0.39 is 89.0 Å². The first kappa shape index (κ1) is 30.6. The molecule has 0 radical (unpaired) electrons. The molecule has 11 N–H and O–H groups in total. The number of nitrogens with one attached hydrogen (secondary N) is 1. The smallest absolute Gasteiger partial charge is 0.479 e. The van der Waals surface area contributed by atoms with Gasteiger partial charge in [-0.25, -0.2) is 18.9 Å². The van der Waals surface area contributed by atoms with E-state index in [4.69, 9.17) is 15.6 Å². The number of imidazole rings is 1. The molecule has 2 unspecified atom stereocenters. The van der Waals surface area contributed by atoms with Gasteiger partial charge in [-0.05, 0) is 0 Å². The lowest BCUT2D eigenvalue weighted by molar-refractivity contribution is -0.274. The summed E-state index contributed by atoms with van der Waals surface area (Å²) in [5, 5.41) is 59.0.